The van der Waals surface area contributed by atoms with Crippen LogP contribution >= 0.6 is 0 Å². The van der Waals surface area contributed by atoms with Crippen molar-refractivity contribution in [3.63, 3.8) is 0 Å². The zero-order chi connectivity index (χ0) is 17.0. The quantitative estimate of drug-likeness (QED) is 0.873. The first-order valence-electron chi connectivity index (χ1n) is 6.98. The lowest BCUT2D eigenvalue weighted by Gasteiger charge is -2.13. The molecule has 1 aromatic heterocycles. The molecular weight excluding hydrogens is 323 g/mol. The smallest absolute Gasteiger partial charge is 0.226 e. The van der Waals surface area contributed by atoms with Gasteiger partial charge in [0.2, 0.25) is 5.91 Å². The molecule has 1 N–H and O–H groups in total. The number of carbonyl (C=O) groups excluding carboxylic acids is 1. The fourth-order valence-electron chi connectivity index (χ4n) is 1.98. The van der Waals surface area contributed by atoms with Crippen LogP contribution in [-0.2, 0) is 14.6 Å². The SMILES string of the molecule is Cc1cc(NC(=O)CCS(=O)(=O)[C@H](C)c2ccc(F)cc2)no1. The third-order valence-electron chi connectivity index (χ3n) is 3.39. The Morgan fingerprint density at radius 1 is 1.35 bits per heavy atom. The summed E-state index contributed by atoms with van der Waals surface area (Å²) in [6.07, 6.45) is -0.195. The van der Waals surface area contributed by atoms with E-state index >= 15 is 0 Å². The molecular formula is C15H17FN2O4S. The van der Waals surface area contributed by atoms with E-state index in [1.807, 2.05) is 0 Å². The number of amides is 1. The largest absolute Gasteiger partial charge is 0.360 e. The van der Waals surface area contributed by atoms with E-state index in [1.165, 1.54) is 37.3 Å². The standard InChI is InChI=1S/C15H17FN2O4S/c1-10-9-14(18-22-10)17-15(19)7-8-23(20,21)11(2)12-3-5-13(16)6-4-12/h3-6,9,11H,7-8H2,1-2H3,(H,17,18,19)/t11-/m1/s1. The third-order valence-corrected chi connectivity index (χ3v) is 5.51. The van der Waals surface area contributed by atoms with Crippen molar-refractivity contribution in [2.24, 2.45) is 0 Å². The number of anilines is 1. The van der Waals surface area contributed by atoms with Crippen LogP contribution in [0.5, 0.6) is 0 Å². The predicted molar refractivity (Wildman–Crippen MR) is 83.1 cm³/mol. The number of rotatable bonds is 6. The maximum Gasteiger partial charge on any atom is 0.226 e. The highest BCUT2D eigenvalue weighted by Gasteiger charge is 2.23. The number of halogens is 1. The summed E-state index contributed by atoms with van der Waals surface area (Å²) in [5, 5.41) is 5.25. The van der Waals surface area contributed by atoms with Crippen LogP contribution in [0.1, 0.15) is 29.9 Å². The van der Waals surface area contributed by atoms with Crippen molar-refractivity contribution in [3.05, 3.63) is 47.5 Å². The van der Waals surface area contributed by atoms with E-state index < -0.39 is 26.8 Å². The number of hydrogen-bond donors (Lipinski definition) is 1. The number of hydrogen-bond acceptors (Lipinski definition) is 5. The highest BCUT2D eigenvalue weighted by Crippen LogP contribution is 2.23. The summed E-state index contributed by atoms with van der Waals surface area (Å²) < 4.78 is 42.2. The molecule has 8 heteroatoms. The Labute approximate surface area is 133 Å². The second-order valence-corrected chi connectivity index (χ2v) is 7.62. The van der Waals surface area contributed by atoms with Crippen LogP contribution in [0.15, 0.2) is 34.9 Å². The highest BCUT2D eigenvalue weighted by atomic mass is 32.2. The summed E-state index contributed by atoms with van der Waals surface area (Å²) in [5.41, 5.74) is 0.485. The number of aromatic nitrogens is 1. The molecule has 0 fully saturated rings. The van der Waals surface area contributed by atoms with Gasteiger partial charge in [-0.15, -0.1) is 0 Å². The molecule has 1 heterocycles. The molecule has 6 nitrogen and oxygen atoms in total. The second-order valence-electron chi connectivity index (χ2n) is 5.18. The van der Waals surface area contributed by atoms with Crippen LogP contribution in [0.25, 0.3) is 0 Å². The molecule has 0 aliphatic rings. The van der Waals surface area contributed by atoms with Crippen molar-refractivity contribution in [1.82, 2.24) is 5.16 Å². The van der Waals surface area contributed by atoms with Crippen molar-refractivity contribution >= 4 is 21.6 Å². The van der Waals surface area contributed by atoms with Crippen molar-refractivity contribution in [1.29, 1.82) is 0 Å². The van der Waals surface area contributed by atoms with Gasteiger partial charge in [0, 0.05) is 12.5 Å². The van der Waals surface area contributed by atoms with E-state index in [-0.39, 0.29) is 18.0 Å². The molecule has 0 saturated carbocycles. The lowest BCUT2D eigenvalue weighted by molar-refractivity contribution is -0.115. The first-order valence-corrected chi connectivity index (χ1v) is 8.69. The highest BCUT2D eigenvalue weighted by molar-refractivity contribution is 7.91. The van der Waals surface area contributed by atoms with Crippen molar-refractivity contribution in [2.45, 2.75) is 25.5 Å². The molecule has 1 aromatic carbocycles. The van der Waals surface area contributed by atoms with Gasteiger partial charge in [0.1, 0.15) is 11.6 Å². The summed E-state index contributed by atoms with van der Waals surface area (Å²) in [6.45, 7) is 3.19. The molecule has 1 amide bonds. The third kappa shape index (κ3) is 4.62. The molecule has 1 atom stereocenters. The predicted octanol–water partition coefficient (Wildman–Crippen LogP) is 2.63. The van der Waals surface area contributed by atoms with E-state index in [2.05, 4.69) is 10.5 Å². The van der Waals surface area contributed by atoms with Gasteiger partial charge >= 0.3 is 0 Å². The van der Waals surface area contributed by atoms with Crippen molar-refractivity contribution < 1.29 is 22.1 Å². The summed E-state index contributed by atoms with van der Waals surface area (Å²) in [4.78, 5) is 11.8. The number of nitrogens with one attached hydrogen (secondary N) is 1. The zero-order valence-electron chi connectivity index (χ0n) is 12.7. The molecule has 0 bridgehead atoms. The topological polar surface area (TPSA) is 89.3 Å². The van der Waals surface area contributed by atoms with Crippen LogP contribution in [0.3, 0.4) is 0 Å². The molecule has 0 aliphatic carbocycles. The zero-order valence-corrected chi connectivity index (χ0v) is 13.6. The summed E-state index contributed by atoms with van der Waals surface area (Å²) in [5.74, 6) is -0.419. The fraction of sp³-hybridized carbons (Fsp3) is 0.333. The minimum Gasteiger partial charge on any atom is -0.360 e. The number of aryl methyl sites for hydroxylation is 1. The van der Waals surface area contributed by atoms with Crippen LogP contribution in [0.4, 0.5) is 10.2 Å². The monoisotopic (exact) mass is 340 g/mol. The molecule has 0 radical (unpaired) electrons. The minimum atomic E-state index is -3.54. The summed E-state index contributed by atoms with van der Waals surface area (Å²) in [7, 11) is -3.54. The Kier molecular flexibility index (Phi) is 5.15. The fourth-order valence-corrected chi connectivity index (χ4v) is 3.38. The van der Waals surface area contributed by atoms with E-state index in [1.54, 1.807) is 6.92 Å². The van der Waals surface area contributed by atoms with Gasteiger partial charge < -0.3 is 9.84 Å². The van der Waals surface area contributed by atoms with Crippen molar-refractivity contribution in [3.8, 4) is 0 Å². The average Bonchev–Trinajstić information content (AvgIpc) is 2.90. The Morgan fingerprint density at radius 3 is 2.57 bits per heavy atom. The Morgan fingerprint density at radius 2 is 2.00 bits per heavy atom. The molecule has 124 valence electrons. The Balaban J connectivity index is 1.95. The normalized spacial score (nSPS) is 12.8. The lowest BCUT2D eigenvalue weighted by atomic mass is 10.2. The van der Waals surface area contributed by atoms with Gasteiger partial charge in [0.05, 0.1) is 11.0 Å². The summed E-state index contributed by atoms with van der Waals surface area (Å²) >= 11 is 0. The minimum absolute atomic E-state index is 0.195. The van der Waals surface area contributed by atoms with E-state index in [9.17, 15) is 17.6 Å². The maximum absolute atomic E-state index is 12.9. The van der Waals surface area contributed by atoms with Gasteiger partial charge in [-0.2, -0.15) is 0 Å². The van der Waals surface area contributed by atoms with Crippen molar-refractivity contribution in [2.75, 3.05) is 11.1 Å². The lowest BCUT2D eigenvalue weighted by Crippen LogP contribution is -2.20. The first-order chi connectivity index (χ1) is 10.8. The molecule has 2 rings (SSSR count). The first kappa shape index (κ1) is 17.1. The van der Waals surface area contributed by atoms with E-state index in [0.717, 1.165) is 0 Å². The number of nitrogens with zero attached hydrogens (tertiary/aromatic N) is 1. The summed E-state index contributed by atoms with van der Waals surface area (Å²) in [6, 6.07) is 6.81. The number of benzene rings is 1. The van der Waals surface area contributed by atoms with Gasteiger partial charge in [-0.1, -0.05) is 17.3 Å². The average molecular weight is 340 g/mol. The molecule has 0 saturated heterocycles. The molecule has 2 aromatic rings. The van der Waals surface area contributed by atoms with Gasteiger partial charge in [0.25, 0.3) is 0 Å². The number of sulfone groups is 1. The Bertz CT molecular complexity index is 784. The molecule has 23 heavy (non-hydrogen) atoms. The van der Waals surface area contributed by atoms with Crippen LogP contribution in [-0.4, -0.2) is 25.2 Å². The van der Waals surface area contributed by atoms with E-state index in [4.69, 9.17) is 4.52 Å². The van der Waals surface area contributed by atoms with Gasteiger partial charge in [-0.25, -0.2) is 12.8 Å². The van der Waals surface area contributed by atoms with Gasteiger partial charge in [0.15, 0.2) is 15.7 Å². The van der Waals surface area contributed by atoms with Gasteiger partial charge in [-0.3, -0.25) is 4.79 Å². The van der Waals surface area contributed by atoms with Crippen LogP contribution < -0.4 is 5.32 Å². The molecule has 0 unspecified atom stereocenters. The maximum atomic E-state index is 12.9. The molecule has 0 spiro atoms. The van der Waals surface area contributed by atoms with Gasteiger partial charge in [-0.05, 0) is 31.5 Å². The Hall–Kier alpha value is -2.22. The van der Waals surface area contributed by atoms with Crippen LogP contribution in [0.2, 0.25) is 0 Å². The van der Waals surface area contributed by atoms with E-state index in [0.29, 0.717) is 11.3 Å². The van der Waals surface area contributed by atoms with Crippen LogP contribution in [0, 0.1) is 12.7 Å². The molecule has 0 aliphatic heterocycles. The number of carbonyl (C=O) groups is 1. The second kappa shape index (κ2) is 6.91.